The number of anilines is 1. The summed E-state index contributed by atoms with van der Waals surface area (Å²) in [5, 5.41) is 2.72. The Hall–Kier alpha value is -3.50. The van der Waals surface area contributed by atoms with E-state index in [9.17, 15) is 22.4 Å². The molecule has 3 aromatic rings. The number of hydrogen-bond donors (Lipinski definition) is 2. The van der Waals surface area contributed by atoms with E-state index in [1.807, 2.05) is 6.92 Å². The number of carbonyl (C=O) groups is 2. The summed E-state index contributed by atoms with van der Waals surface area (Å²) >= 11 is 0. The van der Waals surface area contributed by atoms with Crippen molar-refractivity contribution in [3.8, 4) is 0 Å². The Kier molecular flexibility index (Phi) is 8.19. The fraction of sp³-hybridized carbons (Fsp3) is 0.250. The second-order valence-corrected chi connectivity index (χ2v) is 9.37. The van der Waals surface area contributed by atoms with E-state index in [1.165, 1.54) is 47.6 Å². The van der Waals surface area contributed by atoms with E-state index in [0.717, 1.165) is 5.56 Å². The molecule has 0 spiro atoms. The van der Waals surface area contributed by atoms with Gasteiger partial charge in [0.2, 0.25) is 21.8 Å². The molecule has 1 atom stereocenters. The minimum atomic E-state index is -3.96. The van der Waals surface area contributed by atoms with Gasteiger partial charge in [-0.3, -0.25) is 14.5 Å². The summed E-state index contributed by atoms with van der Waals surface area (Å²) in [5.41, 5.74) is 1.16. The lowest BCUT2D eigenvalue weighted by molar-refractivity contribution is -0.126. The van der Waals surface area contributed by atoms with Gasteiger partial charge < -0.3 is 9.73 Å². The van der Waals surface area contributed by atoms with Crippen molar-refractivity contribution in [3.05, 3.63) is 84.1 Å². The fourth-order valence-electron chi connectivity index (χ4n) is 3.33. The Morgan fingerprint density at radius 2 is 1.74 bits per heavy atom. The van der Waals surface area contributed by atoms with Gasteiger partial charge in [0.25, 0.3) is 0 Å². The minimum absolute atomic E-state index is 0.0162. The van der Waals surface area contributed by atoms with Crippen LogP contribution in [0.25, 0.3) is 0 Å². The first-order valence-corrected chi connectivity index (χ1v) is 12.1. The summed E-state index contributed by atoms with van der Waals surface area (Å²) in [6.45, 7) is 3.08. The number of nitrogens with zero attached hydrogens (tertiary/aromatic N) is 1. The average Bonchev–Trinajstić information content (AvgIpc) is 3.34. The Morgan fingerprint density at radius 3 is 2.32 bits per heavy atom. The van der Waals surface area contributed by atoms with E-state index in [4.69, 9.17) is 4.42 Å². The Bertz CT molecular complexity index is 1210. The van der Waals surface area contributed by atoms with Crippen LogP contribution in [0.15, 0.2) is 76.2 Å². The van der Waals surface area contributed by atoms with E-state index < -0.39 is 40.2 Å². The predicted molar refractivity (Wildman–Crippen MR) is 125 cm³/mol. The lowest BCUT2D eigenvalue weighted by Gasteiger charge is -2.30. The number of amides is 2. The van der Waals surface area contributed by atoms with E-state index in [1.54, 1.807) is 31.2 Å². The highest BCUT2D eigenvalue weighted by molar-refractivity contribution is 7.89. The largest absolute Gasteiger partial charge is 0.467 e. The number of hydrogen-bond acceptors (Lipinski definition) is 5. The lowest BCUT2D eigenvalue weighted by Crippen LogP contribution is -2.52. The van der Waals surface area contributed by atoms with Gasteiger partial charge >= 0.3 is 0 Å². The second kappa shape index (κ2) is 11.1. The van der Waals surface area contributed by atoms with Gasteiger partial charge in [0.05, 0.1) is 24.2 Å². The normalized spacial score (nSPS) is 12.2. The molecule has 180 valence electrons. The monoisotopic (exact) mass is 487 g/mol. The van der Waals surface area contributed by atoms with Crippen LogP contribution < -0.4 is 14.9 Å². The Morgan fingerprint density at radius 1 is 1.06 bits per heavy atom. The van der Waals surface area contributed by atoms with Crippen LogP contribution in [0.4, 0.5) is 10.1 Å². The van der Waals surface area contributed by atoms with Crippen molar-refractivity contribution in [2.75, 3.05) is 11.4 Å². The molecule has 0 aliphatic rings. The van der Waals surface area contributed by atoms with Crippen molar-refractivity contribution < 1.29 is 26.8 Å². The highest BCUT2D eigenvalue weighted by atomic mass is 32.2. The lowest BCUT2D eigenvalue weighted by atomic mass is 10.1. The molecule has 0 radical (unpaired) electrons. The minimum Gasteiger partial charge on any atom is -0.467 e. The van der Waals surface area contributed by atoms with Gasteiger partial charge in [-0.05, 0) is 61.9 Å². The molecule has 10 heteroatoms. The van der Waals surface area contributed by atoms with Crippen LogP contribution in [0.3, 0.4) is 0 Å². The third-order valence-corrected chi connectivity index (χ3v) is 6.55. The fourth-order valence-corrected chi connectivity index (χ4v) is 4.31. The zero-order chi connectivity index (χ0) is 24.7. The SMILES string of the molecule is CC[C@H](C(=O)NCc1ccco1)N(C(=O)CNS(=O)(=O)c1ccc(C)cc1)c1ccc(F)cc1. The molecule has 1 aromatic heterocycles. The van der Waals surface area contributed by atoms with Crippen LogP contribution in [-0.4, -0.2) is 32.8 Å². The van der Waals surface area contributed by atoms with Gasteiger partial charge in [-0.15, -0.1) is 0 Å². The van der Waals surface area contributed by atoms with E-state index >= 15 is 0 Å². The number of furan rings is 1. The van der Waals surface area contributed by atoms with Crippen LogP contribution in [0.1, 0.15) is 24.7 Å². The zero-order valence-electron chi connectivity index (χ0n) is 18.8. The maximum absolute atomic E-state index is 13.5. The number of halogens is 1. The van der Waals surface area contributed by atoms with Crippen LogP contribution in [0.2, 0.25) is 0 Å². The summed E-state index contributed by atoms with van der Waals surface area (Å²) < 4.78 is 46.3. The standard InChI is InChI=1S/C24H26FN3O5S/c1-3-22(24(30)26-15-20-5-4-14-33-20)28(19-10-8-18(25)9-11-19)23(29)16-27-34(31,32)21-12-6-17(2)7-13-21/h4-14,22,27H,3,15-16H2,1-2H3,(H,26,30)/t22-/m1/s1. The van der Waals surface area contributed by atoms with Gasteiger partial charge in [-0.1, -0.05) is 24.6 Å². The molecule has 2 aromatic carbocycles. The average molecular weight is 488 g/mol. The number of benzene rings is 2. The number of rotatable bonds is 10. The Labute approximate surface area is 197 Å². The van der Waals surface area contributed by atoms with Gasteiger partial charge in [0.1, 0.15) is 17.6 Å². The molecule has 0 unspecified atom stereocenters. The highest BCUT2D eigenvalue weighted by Crippen LogP contribution is 2.20. The summed E-state index contributed by atoms with van der Waals surface area (Å²) in [5.74, 6) is -1.10. The number of sulfonamides is 1. The molecular formula is C24H26FN3O5S. The first kappa shape index (κ1) is 25.1. The smallest absolute Gasteiger partial charge is 0.243 e. The van der Waals surface area contributed by atoms with E-state index in [-0.39, 0.29) is 23.5 Å². The maximum atomic E-state index is 13.5. The molecule has 2 amide bonds. The zero-order valence-corrected chi connectivity index (χ0v) is 19.6. The molecule has 1 heterocycles. The summed E-state index contributed by atoms with van der Waals surface area (Å²) in [6, 6.07) is 13.7. The van der Waals surface area contributed by atoms with Crippen molar-refractivity contribution in [2.24, 2.45) is 0 Å². The maximum Gasteiger partial charge on any atom is 0.243 e. The van der Waals surface area contributed by atoms with Crippen molar-refractivity contribution in [1.29, 1.82) is 0 Å². The van der Waals surface area contributed by atoms with Crippen molar-refractivity contribution >= 4 is 27.5 Å². The molecule has 0 saturated carbocycles. The predicted octanol–water partition coefficient (Wildman–Crippen LogP) is 3.13. The van der Waals surface area contributed by atoms with Gasteiger partial charge in [0, 0.05) is 5.69 Å². The first-order valence-electron chi connectivity index (χ1n) is 10.7. The Balaban J connectivity index is 1.81. The van der Waals surface area contributed by atoms with Gasteiger partial charge in [-0.2, -0.15) is 0 Å². The quantitative estimate of drug-likeness (QED) is 0.457. The molecule has 34 heavy (non-hydrogen) atoms. The topological polar surface area (TPSA) is 109 Å². The van der Waals surface area contributed by atoms with Crippen LogP contribution >= 0.6 is 0 Å². The van der Waals surface area contributed by atoms with Crippen LogP contribution in [0, 0.1) is 12.7 Å². The van der Waals surface area contributed by atoms with Crippen molar-refractivity contribution in [3.63, 3.8) is 0 Å². The summed E-state index contributed by atoms with van der Waals surface area (Å²) in [4.78, 5) is 27.3. The number of aryl methyl sites for hydroxylation is 1. The molecule has 3 rings (SSSR count). The first-order chi connectivity index (χ1) is 16.2. The van der Waals surface area contributed by atoms with Crippen molar-refractivity contribution in [1.82, 2.24) is 10.0 Å². The molecule has 2 N–H and O–H groups in total. The third kappa shape index (κ3) is 6.30. The van der Waals surface area contributed by atoms with Crippen LogP contribution in [0.5, 0.6) is 0 Å². The highest BCUT2D eigenvalue weighted by Gasteiger charge is 2.30. The van der Waals surface area contributed by atoms with E-state index in [0.29, 0.717) is 5.76 Å². The molecule has 0 saturated heterocycles. The molecule has 0 aliphatic heterocycles. The molecule has 0 bridgehead atoms. The molecular weight excluding hydrogens is 461 g/mol. The van der Waals surface area contributed by atoms with Crippen LogP contribution in [-0.2, 0) is 26.2 Å². The van der Waals surface area contributed by atoms with Crippen molar-refractivity contribution in [2.45, 2.75) is 37.8 Å². The molecule has 0 aliphatic carbocycles. The number of carbonyl (C=O) groups excluding carboxylic acids is 2. The second-order valence-electron chi connectivity index (χ2n) is 7.60. The molecule has 0 fully saturated rings. The van der Waals surface area contributed by atoms with Gasteiger partial charge in [0.15, 0.2) is 0 Å². The van der Waals surface area contributed by atoms with Gasteiger partial charge in [-0.25, -0.2) is 17.5 Å². The number of nitrogens with one attached hydrogen (secondary N) is 2. The molecule has 8 nitrogen and oxygen atoms in total. The third-order valence-electron chi connectivity index (χ3n) is 5.14. The van der Waals surface area contributed by atoms with E-state index in [2.05, 4.69) is 10.0 Å². The summed E-state index contributed by atoms with van der Waals surface area (Å²) in [7, 11) is -3.96. The summed E-state index contributed by atoms with van der Waals surface area (Å²) in [6.07, 6.45) is 1.71.